The van der Waals surface area contributed by atoms with E-state index in [9.17, 15) is 13.6 Å². The topological polar surface area (TPSA) is 26.3 Å². The number of carbonyl (C=O) groups excluding carboxylic acids is 1. The Bertz CT molecular complexity index is 413. The predicted octanol–water partition coefficient (Wildman–Crippen LogP) is 2.10. The minimum absolute atomic E-state index is 0.0246. The fourth-order valence-electron chi connectivity index (χ4n) is 1.68. The lowest BCUT2D eigenvalue weighted by molar-refractivity contribution is 0.101. The van der Waals surface area contributed by atoms with Crippen molar-refractivity contribution in [2.24, 2.45) is 0 Å². The van der Waals surface area contributed by atoms with Gasteiger partial charge in [-0.3, -0.25) is 4.79 Å². The first-order valence-electron chi connectivity index (χ1n) is 4.26. The van der Waals surface area contributed by atoms with Crippen LogP contribution in [0.4, 0.5) is 8.78 Å². The molecule has 0 saturated heterocycles. The van der Waals surface area contributed by atoms with Gasteiger partial charge in [-0.05, 0) is 6.92 Å². The molecular weight excluding hydrogens is 190 g/mol. The molecule has 2 nitrogen and oxygen atoms in total. The summed E-state index contributed by atoms with van der Waals surface area (Å²) >= 11 is 0. The van der Waals surface area contributed by atoms with Crippen LogP contribution >= 0.6 is 0 Å². The van der Waals surface area contributed by atoms with E-state index in [4.69, 9.17) is 4.74 Å². The fraction of sp³-hybridized carbons (Fsp3) is 0.300. The molecular formula is C10H8F2O2. The van der Waals surface area contributed by atoms with Gasteiger partial charge < -0.3 is 4.74 Å². The van der Waals surface area contributed by atoms with Crippen LogP contribution in [0.25, 0.3) is 0 Å². The molecule has 0 atom stereocenters. The summed E-state index contributed by atoms with van der Waals surface area (Å²) in [6.07, 6.45) is 0.388. The van der Waals surface area contributed by atoms with Crippen LogP contribution in [0, 0.1) is 11.6 Å². The summed E-state index contributed by atoms with van der Waals surface area (Å²) < 4.78 is 31.3. The Hall–Kier alpha value is -1.45. The third-order valence-electron chi connectivity index (χ3n) is 2.24. The molecule has 0 N–H and O–H groups in total. The number of ketones is 1. The second-order valence-electron chi connectivity index (χ2n) is 3.18. The van der Waals surface area contributed by atoms with Crippen molar-refractivity contribution in [3.05, 3.63) is 28.8 Å². The SMILES string of the molecule is CC(=O)c1c(F)cc(F)c2c1CCO2. The molecule has 14 heavy (non-hydrogen) atoms. The van der Waals surface area contributed by atoms with Gasteiger partial charge in [-0.2, -0.15) is 0 Å². The normalized spacial score (nSPS) is 13.6. The maximum Gasteiger partial charge on any atom is 0.168 e. The van der Waals surface area contributed by atoms with E-state index in [1.807, 2.05) is 0 Å². The highest BCUT2D eigenvalue weighted by atomic mass is 19.1. The number of hydrogen-bond donors (Lipinski definition) is 0. The summed E-state index contributed by atoms with van der Waals surface area (Å²) in [5, 5.41) is 0. The summed E-state index contributed by atoms with van der Waals surface area (Å²) in [7, 11) is 0. The molecule has 0 unspecified atom stereocenters. The number of hydrogen-bond acceptors (Lipinski definition) is 2. The Labute approximate surface area is 79.5 Å². The maximum absolute atomic E-state index is 13.2. The van der Waals surface area contributed by atoms with Crippen molar-refractivity contribution in [2.45, 2.75) is 13.3 Å². The van der Waals surface area contributed by atoms with Crippen molar-refractivity contribution < 1.29 is 18.3 Å². The van der Waals surface area contributed by atoms with Gasteiger partial charge in [0.1, 0.15) is 5.82 Å². The van der Waals surface area contributed by atoms with Crippen LogP contribution in [-0.2, 0) is 6.42 Å². The lowest BCUT2D eigenvalue weighted by atomic mass is 10.0. The van der Waals surface area contributed by atoms with E-state index in [1.54, 1.807) is 0 Å². The van der Waals surface area contributed by atoms with Crippen molar-refractivity contribution in [3.63, 3.8) is 0 Å². The summed E-state index contributed by atoms with van der Waals surface area (Å²) in [6.45, 7) is 1.56. The van der Waals surface area contributed by atoms with E-state index in [-0.39, 0.29) is 11.3 Å². The molecule has 1 aliphatic heterocycles. The first kappa shape index (κ1) is 9.12. The van der Waals surface area contributed by atoms with Gasteiger partial charge in [0.05, 0.1) is 12.2 Å². The number of benzene rings is 1. The zero-order chi connectivity index (χ0) is 10.3. The van der Waals surface area contributed by atoms with E-state index in [1.165, 1.54) is 6.92 Å². The Kier molecular flexibility index (Phi) is 1.98. The van der Waals surface area contributed by atoms with Gasteiger partial charge in [0, 0.05) is 18.1 Å². The molecule has 0 aromatic heterocycles. The molecule has 0 aliphatic carbocycles. The Balaban J connectivity index is 2.72. The Morgan fingerprint density at radius 2 is 2.14 bits per heavy atom. The largest absolute Gasteiger partial charge is 0.490 e. The van der Waals surface area contributed by atoms with E-state index >= 15 is 0 Å². The summed E-state index contributed by atoms with van der Waals surface area (Å²) in [5.74, 6) is -1.92. The number of carbonyl (C=O) groups is 1. The average Bonchev–Trinajstić information content (AvgIpc) is 2.51. The molecule has 1 aliphatic rings. The molecule has 1 aromatic rings. The number of fused-ring (bicyclic) bond motifs is 1. The molecule has 0 fully saturated rings. The number of halogens is 2. The van der Waals surface area contributed by atoms with Crippen LogP contribution in [0.15, 0.2) is 6.07 Å². The van der Waals surface area contributed by atoms with Crippen LogP contribution in [0.3, 0.4) is 0 Å². The van der Waals surface area contributed by atoms with Gasteiger partial charge in [-0.25, -0.2) is 8.78 Å². The molecule has 4 heteroatoms. The molecule has 1 aromatic carbocycles. The molecule has 0 spiro atoms. The Morgan fingerprint density at radius 1 is 1.43 bits per heavy atom. The maximum atomic E-state index is 13.2. The number of rotatable bonds is 1. The van der Waals surface area contributed by atoms with Crippen molar-refractivity contribution in [2.75, 3.05) is 6.61 Å². The van der Waals surface area contributed by atoms with Crippen molar-refractivity contribution >= 4 is 5.78 Å². The third kappa shape index (κ3) is 1.18. The highest BCUT2D eigenvalue weighted by molar-refractivity contribution is 5.96. The van der Waals surface area contributed by atoms with Crippen LogP contribution in [0.2, 0.25) is 0 Å². The van der Waals surface area contributed by atoms with Gasteiger partial charge in [-0.1, -0.05) is 0 Å². The quantitative estimate of drug-likeness (QED) is 0.646. The van der Waals surface area contributed by atoms with Gasteiger partial charge in [0.25, 0.3) is 0 Å². The standard InChI is InChI=1S/C10H8F2O2/c1-5(13)9-6-2-3-14-10(6)8(12)4-7(9)11/h4H,2-3H2,1H3. The van der Waals surface area contributed by atoms with Crippen molar-refractivity contribution in [3.8, 4) is 5.75 Å². The van der Waals surface area contributed by atoms with E-state index in [2.05, 4.69) is 0 Å². The first-order valence-corrected chi connectivity index (χ1v) is 4.26. The first-order chi connectivity index (χ1) is 6.61. The molecule has 1 heterocycles. The highest BCUT2D eigenvalue weighted by Gasteiger charge is 2.25. The fourth-order valence-corrected chi connectivity index (χ4v) is 1.68. The monoisotopic (exact) mass is 198 g/mol. The second kappa shape index (κ2) is 3.04. The average molecular weight is 198 g/mol. The lowest BCUT2D eigenvalue weighted by Gasteiger charge is -2.06. The Morgan fingerprint density at radius 3 is 2.79 bits per heavy atom. The van der Waals surface area contributed by atoms with Crippen molar-refractivity contribution in [1.29, 1.82) is 0 Å². The lowest BCUT2D eigenvalue weighted by Crippen LogP contribution is -2.03. The predicted molar refractivity (Wildman–Crippen MR) is 45.6 cm³/mol. The summed E-state index contributed by atoms with van der Waals surface area (Å²) in [4.78, 5) is 11.1. The van der Waals surface area contributed by atoms with E-state index in [0.29, 0.717) is 24.7 Å². The summed E-state index contributed by atoms with van der Waals surface area (Å²) in [6, 6.07) is 0.695. The van der Waals surface area contributed by atoms with Gasteiger partial charge in [0.2, 0.25) is 0 Å². The van der Waals surface area contributed by atoms with Gasteiger partial charge in [-0.15, -0.1) is 0 Å². The minimum Gasteiger partial charge on any atom is -0.490 e. The molecule has 0 saturated carbocycles. The van der Waals surface area contributed by atoms with Crippen LogP contribution in [0.5, 0.6) is 5.75 Å². The molecule has 0 amide bonds. The third-order valence-corrected chi connectivity index (χ3v) is 2.24. The van der Waals surface area contributed by atoms with Crippen molar-refractivity contribution in [1.82, 2.24) is 0 Å². The van der Waals surface area contributed by atoms with Crippen LogP contribution in [0.1, 0.15) is 22.8 Å². The minimum atomic E-state index is -0.806. The van der Waals surface area contributed by atoms with Gasteiger partial charge >= 0.3 is 0 Å². The highest BCUT2D eigenvalue weighted by Crippen LogP contribution is 2.33. The molecule has 0 radical (unpaired) electrons. The van der Waals surface area contributed by atoms with E-state index in [0.717, 1.165) is 0 Å². The number of ether oxygens (including phenoxy) is 1. The number of Topliss-reactive ketones (excluding diaryl/α,β-unsaturated/α-hetero) is 1. The zero-order valence-electron chi connectivity index (χ0n) is 7.56. The van der Waals surface area contributed by atoms with Crippen LogP contribution in [-0.4, -0.2) is 12.4 Å². The van der Waals surface area contributed by atoms with E-state index < -0.39 is 17.4 Å². The van der Waals surface area contributed by atoms with Crippen LogP contribution < -0.4 is 4.74 Å². The second-order valence-corrected chi connectivity index (χ2v) is 3.18. The smallest absolute Gasteiger partial charge is 0.168 e. The molecule has 74 valence electrons. The summed E-state index contributed by atoms with van der Waals surface area (Å²) in [5.41, 5.74) is 0.314. The molecule has 0 bridgehead atoms. The zero-order valence-corrected chi connectivity index (χ0v) is 7.56. The molecule has 2 rings (SSSR count). The van der Waals surface area contributed by atoms with Gasteiger partial charge in [0.15, 0.2) is 17.3 Å².